The van der Waals surface area contributed by atoms with Gasteiger partial charge in [-0.2, -0.15) is 0 Å². The first-order valence-corrected chi connectivity index (χ1v) is 6.26. The van der Waals surface area contributed by atoms with Gasteiger partial charge in [-0.1, -0.05) is 6.92 Å². The maximum atomic E-state index is 10.5. The van der Waals surface area contributed by atoms with Gasteiger partial charge in [0.2, 0.25) is 0 Å². The fourth-order valence-electron chi connectivity index (χ4n) is 2.32. The fourth-order valence-corrected chi connectivity index (χ4v) is 2.32. The summed E-state index contributed by atoms with van der Waals surface area (Å²) in [5.41, 5.74) is 0. The van der Waals surface area contributed by atoms with E-state index in [1.165, 1.54) is 6.07 Å². The van der Waals surface area contributed by atoms with Crippen molar-refractivity contribution in [2.24, 2.45) is 5.92 Å². The zero-order valence-electron chi connectivity index (χ0n) is 10.4. The lowest BCUT2D eigenvalue weighted by atomic mass is 10.00. The van der Waals surface area contributed by atoms with Crippen molar-refractivity contribution in [2.45, 2.75) is 32.4 Å². The second kappa shape index (κ2) is 5.97. The summed E-state index contributed by atoms with van der Waals surface area (Å²) in [5.74, 6) is 0.913. The van der Waals surface area contributed by atoms with Gasteiger partial charge >= 0.3 is 5.88 Å². The van der Waals surface area contributed by atoms with E-state index in [1.54, 1.807) is 6.07 Å². The molecule has 1 N–H and O–H groups in total. The van der Waals surface area contributed by atoms with E-state index < -0.39 is 4.92 Å². The second-order valence-corrected chi connectivity index (χ2v) is 4.49. The lowest BCUT2D eigenvalue weighted by Gasteiger charge is -2.16. The average Bonchev–Trinajstić information content (AvgIpc) is 2.97. The van der Waals surface area contributed by atoms with Crippen LogP contribution in [0, 0.1) is 16.0 Å². The summed E-state index contributed by atoms with van der Waals surface area (Å²) in [5, 5.41) is 13.7. The summed E-state index contributed by atoms with van der Waals surface area (Å²) >= 11 is 0. The molecule has 1 saturated heterocycles. The van der Waals surface area contributed by atoms with Crippen LogP contribution in [0.5, 0.6) is 0 Å². The Bertz CT molecular complexity index is 405. The van der Waals surface area contributed by atoms with E-state index in [1.807, 2.05) is 0 Å². The third-order valence-electron chi connectivity index (χ3n) is 3.28. The van der Waals surface area contributed by atoms with Gasteiger partial charge < -0.3 is 14.5 Å². The van der Waals surface area contributed by atoms with Crippen LogP contribution in [0.3, 0.4) is 0 Å². The molecular weight excluding hydrogens is 236 g/mol. The van der Waals surface area contributed by atoms with Crippen LogP contribution in [0.15, 0.2) is 16.5 Å². The average molecular weight is 254 g/mol. The number of hydrogen-bond donors (Lipinski definition) is 1. The molecular formula is C12H18N2O4. The molecule has 1 aromatic heterocycles. The Morgan fingerprint density at radius 1 is 1.56 bits per heavy atom. The highest BCUT2D eigenvalue weighted by Crippen LogP contribution is 2.22. The Labute approximate surface area is 105 Å². The Kier molecular flexibility index (Phi) is 4.33. The van der Waals surface area contributed by atoms with E-state index in [0.717, 1.165) is 26.0 Å². The fraction of sp³-hybridized carbons (Fsp3) is 0.667. The van der Waals surface area contributed by atoms with E-state index >= 15 is 0 Å². The van der Waals surface area contributed by atoms with Gasteiger partial charge in [0.1, 0.15) is 10.7 Å². The van der Waals surface area contributed by atoms with Crippen molar-refractivity contribution < 1.29 is 14.1 Å². The molecule has 0 aliphatic carbocycles. The van der Waals surface area contributed by atoms with Gasteiger partial charge in [0.15, 0.2) is 0 Å². The molecule has 0 amide bonds. The van der Waals surface area contributed by atoms with Gasteiger partial charge in [0.05, 0.1) is 18.7 Å². The number of furan rings is 1. The first kappa shape index (κ1) is 13.0. The molecule has 0 spiro atoms. The normalized spacial score (nSPS) is 23.4. The van der Waals surface area contributed by atoms with Gasteiger partial charge in [-0.3, -0.25) is 10.1 Å². The maximum absolute atomic E-state index is 10.5. The standard InChI is InChI=1S/C12H18N2O4/c1-2-11-9(5-6-17-11)7-13-8-10-3-4-12(18-10)14(15)16/h3-4,9,11,13H,2,5-8H2,1H3. The molecule has 0 saturated carbocycles. The molecule has 18 heavy (non-hydrogen) atoms. The first-order valence-electron chi connectivity index (χ1n) is 6.26. The van der Waals surface area contributed by atoms with Crippen LogP contribution in [-0.4, -0.2) is 24.2 Å². The minimum Gasteiger partial charge on any atom is -0.404 e. The van der Waals surface area contributed by atoms with Crippen molar-refractivity contribution in [3.63, 3.8) is 0 Å². The van der Waals surface area contributed by atoms with Crippen molar-refractivity contribution in [3.05, 3.63) is 28.0 Å². The smallest absolute Gasteiger partial charge is 0.404 e. The van der Waals surface area contributed by atoms with E-state index in [4.69, 9.17) is 9.15 Å². The topological polar surface area (TPSA) is 77.5 Å². The highest BCUT2D eigenvalue weighted by Gasteiger charge is 2.26. The lowest BCUT2D eigenvalue weighted by Crippen LogP contribution is -2.27. The van der Waals surface area contributed by atoms with Crippen LogP contribution in [0.25, 0.3) is 0 Å². The van der Waals surface area contributed by atoms with Gasteiger partial charge in [-0.15, -0.1) is 0 Å². The SMILES string of the molecule is CCC1OCCC1CNCc1ccc([N+](=O)[O-])o1. The zero-order valence-corrected chi connectivity index (χ0v) is 10.4. The molecule has 6 nitrogen and oxygen atoms in total. The summed E-state index contributed by atoms with van der Waals surface area (Å²) in [6.07, 6.45) is 2.44. The van der Waals surface area contributed by atoms with Crippen LogP contribution >= 0.6 is 0 Å². The summed E-state index contributed by atoms with van der Waals surface area (Å²) in [6.45, 7) is 4.32. The van der Waals surface area contributed by atoms with E-state index in [0.29, 0.717) is 24.3 Å². The van der Waals surface area contributed by atoms with Gasteiger partial charge in [-0.25, -0.2) is 0 Å². The lowest BCUT2D eigenvalue weighted by molar-refractivity contribution is -0.402. The van der Waals surface area contributed by atoms with Gasteiger partial charge in [0, 0.05) is 13.2 Å². The Morgan fingerprint density at radius 2 is 2.39 bits per heavy atom. The third-order valence-corrected chi connectivity index (χ3v) is 3.28. The number of nitrogens with one attached hydrogen (secondary N) is 1. The van der Waals surface area contributed by atoms with E-state index in [2.05, 4.69) is 12.2 Å². The number of rotatable bonds is 6. The van der Waals surface area contributed by atoms with Gasteiger partial charge in [-0.05, 0) is 24.8 Å². The monoisotopic (exact) mass is 254 g/mol. The number of hydrogen-bond acceptors (Lipinski definition) is 5. The van der Waals surface area contributed by atoms with Crippen LogP contribution in [0.2, 0.25) is 0 Å². The maximum Gasteiger partial charge on any atom is 0.433 e. The largest absolute Gasteiger partial charge is 0.433 e. The van der Waals surface area contributed by atoms with Gasteiger partial charge in [0.25, 0.3) is 0 Å². The minimum atomic E-state index is -0.526. The first-order chi connectivity index (χ1) is 8.70. The second-order valence-electron chi connectivity index (χ2n) is 4.49. The van der Waals surface area contributed by atoms with E-state index in [-0.39, 0.29) is 5.88 Å². The molecule has 2 rings (SSSR count). The molecule has 1 aromatic rings. The Balaban J connectivity index is 1.76. The molecule has 1 aliphatic rings. The van der Waals surface area contributed by atoms with Crippen LogP contribution < -0.4 is 5.32 Å². The molecule has 100 valence electrons. The molecule has 0 bridgehead atoms. The van der Waals surface area contributed by atoms with Crippen molar-refractivity contribution in [1.82, 2.24) is 5.32 Å². The minimum absolute atomic E-state index is 0.206. The molecule has 6 heteroatoms. The molecule has 0 radical (unpaired) electrons. The predicted octanol–water partition coefficient (Wildman–Crippen LogP) is 2.09. The summed E-state index contributed by atoms with van der Waals surface area (Å²) < 4.78 is 10.7. The number of ether oxygens (including phenoxy) is 1. The highest BCUT2D eigenvalue weighted by molar-refractivity contribution is 5.17. The molecule has 1 aliphatic heterocycles. The summed E-state index contributed by atoms with van der Waals surface area (Å²) in [4.78, 5) is 9.93. The van der Waals surface area contributed by atoms with Crippen LogP contribution in [0.4, 0.5) is 5.88 Å². The van der Waals surface area contributed by atoms with Crippen LogP contribution in [-0.2, 0) is 11.3 Å². The molecule has 2 unspecified atom stereocenters. The zero-order chi connectivity index (χ0) is 13.0. The Hall–Kier alpha value is -1.40. The third kappa shape index (κ3) is 3.08. The quantitative estimate of drug-likeness (QED) is 0.621. The molecule has 2 heterocycles. The molecule has 0 aromatic carbocycles. The van der Waals surface area contributed by atoms with Crippen molar-refractivity contribution in [1.29, 1.82) is 0 Å². The van der Waals surface area contributed by atoms with Crippen molar-refractivity contribution >= 4 is 5.88 Å². The predicted molar refractivity (Wildman–Crippen MR) is 65.2 cm³/mol. The highest BCUT2D eigenvalue weighted by atomic mass is 16.6. The summed E-state index contributed by atoms with van der Waals surface area (Å²) in [7, 11) is 0. The van der Waals surface area contributed by atoms with Crippen LogP contribution in [0.1, 0.15) is 25.5 Å². The van der Waals surface area contributed by atoms with Crippen molar-refractivity contribution in [3.8, 4) is 0 Å². The molecule has 1 fully saturated rings. The Morgan fingerprint density at radius 3 is 3.06 bits per heavy atom. The number of nitro groups is 1. The molecule has 2 atom stereocenters. The summed E-state index contributed by atoms with van der Waals surface area (Å²) in [6, 6.07) is 3.01. The van der Waals surface area contributed by atoms with Crippen molar-refractivity contribution in [2.75, 3.05) is 13.2 Å². The van der Waals surface area contributed by atoms with E-state index in [9.17, 15) is 10.1 Å². The number of nitrogens with zero attached hydrogens (tertiary/aromatic N) is 1.